The van der Waals surface area contributed by atoms with Crippen molar-refractivity contribution in [2.24, 2.45) is 10.7 Å². The molecule has 0 bridgehead atoms. The molecule has 5 rings (SSSR count). The van der Waals surface area contributed by atoms with Gasteiger partial charge >= 0.3 is 0 Å². The summed E-state index contributed by atoms with van der Waals surface area (Å²) in [6, 6.07) is 16.0. The number of nitrogens with two attached hydrogens (primary N) is 1. The summed E-state index contributed by atoms with van der Waals surface area (Å²) < 4.78 is 4.46. The lowest BCUT2D eigenvalue weighted by Gasteiger charge is -2.25. The van der Waals surface area contributed by atoms with Crippen molar-refractivity contribution in [3.63, 3.8) is 0 Å². The fraction of sp³-hybridized carbons (Fsp3) is 0.208. The maximum Gasteiger partial charge on any atom is 0.263 e. The zero-order valence-corrected chi connectivity index (χ0v) is 20.2. The summed E-state index contributed by atoms with van der Waals surface area (Å²) in [5.41, 5.74) is 10.9. The maximum absolute atomic E-state index is 13.8. The Hall–Kier alpha value is -2.98. The highest BCUT2D eigenvalue weighted by Crippen LogP contribution is 2.34. The van der Waals surface area contributed by atoms with E-state index in [0.717, 1.165) is 48.4 Å². The van der Waals surface area contributed by atoms with Crippen LogP contribution in [0.25, 0.3) is 16.5 Å². The van der Waals surface area contributed by atoms with E-state index in [2.05, 4.69) is 33.6 Å². The molecule has 162 valence electrons. The third kappa shape index (κ3) is 3.25. The number of halogens is 1. The van der Waals surface area contributed by atoms with E-state index >= 15 is 0 Å². The number of pyridine rings is 1. The normalized spacial score (nSPS) is 15.4. The number of aryl methyl sites for hydroxylation is 2. The number of rotatable bonds is 3. The average molecular weight is 538 g/mol. The van der Waals surface area contributed by atoms with E-state index in [1.54, 1.807) is 6.34 Å². The Bertz CT molecular complexity index is 1450. The average Bonchev–Trinajstić information content (AvgIpc) is 3.07. The third-order valence-corrected chi connectivity index (χ3v) is 6.81. The summed E-state index contributed by atoms with van der Waals surface area (Å²) in [5.74, 6) is 0.730. The first-order valence-corrected chi connectivity index (χ1v) is 11.4. The number of nitrogens with zero attached hydrogens (tertiary/aromatic N) is 5. The number of aliphatic imine (C=N–C) groups is 1. The molecular formula is C24H23IN6O. The standard InChI is InChI=1S/C24H23IN6O/c1-14-7-4-5-10-18(14)31-17(11-16-9-6-8-15(2)19(16)24(31)32)12-30-23-20(21(25)28-30)22(26)29(3)13-27-23/h4-11,13,22H,12,26H2,1-3H3. The van der Waals surface area contributed by atoms with Crippen LogP contribution >= 0.6 is 22.6 Å². The third-order valence-electron chi connectivity index (χ3n) is 6.01. The van der Waals surface area contributed by atoms with Crippen LogP contribution in [-0.2, 0) is 6.54 Å². The van der Waals surface area contributed by atoms with Crippen LogP contribution in [0.2, 0.25) is 0 Å². The molecular weight excluding hydrogens is 515 g/mol. The van der Waals surface area contributed by atoms with Crippen molar-refractivity contribution in [1.29, 1.82) is 0 Å². The van der Waals surface area contributed by atoms with Gasteiger partial charge in [0.05, 0.1) is 29.5 Å². The first-order chi connectivity index (χ1) is 15.4. The number of fused-ring (bicyclic) bond motifs is 2. The van der Waals surface area contributed by atoms with Crippen LogP contribution in [0.15, 0.2) is 58.3 Å². The Labute approximate surface area is 199 Å². The number of benzene rings is 2. The van der Waals surface area contributed by atoms with Crippen molar-refractivity contribution in [3.05, 3.63) is 85.0 Å². The number of hydrogen-bond acceptors (Lipinski definition) is 5. The Morgan fingerprint density at radius 2 is 1.84 bits per heavy atom. The van der Waals surface area contributed by atoms with Gasteiger partial charge in [-0.25, -0.2) is 9.67 Å². The highest BCUT2D eigenvalue weighted by molar-refractivity contribution is 14.1. The zero-order valence-electron chi connectivity index (χ0n) is 18.1. The summed E-state index contributed by atoms with van der Waals surface area (Å²) in [6.45, 7) is 4.39. The van der Waals surface area contributed by atoms with E-state index in [9.17, 15) is 4.79 Å². The molecule has 1 aliphatic heterocycles. The lowest BCUT2D eigenvalue weighted by atomic mass is 10.1. The fourth-order valence-electron chi connectivity index (χ4n) is 4.30. The molecule has 1 atom stereocenters. The van der Waals surface area contributed by atoms with Gasteiger partial charge in [0.1, 0.15) is 9.87 Å². The second kappa shape index (κ2) is 7.86. The molecule has 2 aromatic carbocycles. The molecule has 3 heterocycles. The lowest BCUT2D eigenvalue weighted by molar-refractivity contribution is 0.389. The van der Waals surface area contributed by atoms with Crippen LogP contribution in [-0.4, -0.2) is 32.6 Å². The van der Waals surface area contributed by atoms with Crippen LogP contribution < -0.4 is 11.3 Å². The van der Waals surface area contributed by atoms with Crippen molar-refractivity contribution >= 4 is 45.5 Å². The molecule has 7 nitrogen and oxygen atoms in total. The number of para-hydroxylation sites is 1. The zero-order chi connectivity index (χ0) is 22.6. The van der Waals surface area contributed by atoms with Crippen LogP contribution in [0.3, 0.4) is 0 Å². The van der Waals surface area contributed by atoms with Gasteiger partial charge in [-0.3, -0.25) is 9.36 Å². The Morgan fingerprint density at radius 1 is 1.09 bits per heavy atom. The van der Waals surface area contributed by atoms with Crippen molar-refractivity contribution < 1.29 is 0 Å². The molecule has 8 heteroatoms. The second-order valence-electron chi connectivity index (χ2n) is 8.14. The summed E-state index contributed by atoms with van der Waals surface area (Å²) >= 11 is 2.20. The quantitative estimate of drug-likeness (QED) is 0.400. The first kappa shape index (κ1) is 20.9. The van der Waals surface area contributed by atoms with Crippen molar-refractivity contribution in [2.45, 2.75) is 26.6 Å². The van der Waals surface area contributed by atoms with Crippen LogP contribution in [0.1, 0.15) is 28.6 Å². The van der Waals surface area contributed by atoms with E-state index in [1.807, 2.05) is 77.5 Å². The molecule has 0 fully saturated rings. The predicted octanol–water partition coefficient (Wildman–Crippen LogP) is 4.02. The molecule has 0 radical (unpaired) electrons. The monoisotopic (exact) mass is 538 g/mol. The molecule has 1 unspecified atom stereocenters. The molecule has 4 aromatic rings. The van der Waals surface area contributed by atoms with Crippen molar-refractivity contribution in [2.75, 3.05) is 7.05 Å². The molecule has 32 heavy (non-hydrogen) atoms. The summed E-state index contributed by atoms with van der Waals surface area (Å²) in [7, 11) is 1.89. The minimum atomic E-state index is -0.305. The van der Waals surface area contributed by atoms with Crippen LogP contribution in [0.5, 0.6) is 0 Å². The van der Waals surface area contributed by atoms with Gasteiger partial charge in [0.25, 0.3) is 5.56 Å². The van der Waals surface area contributed by atoms with Gasteiger partial charge in [0, 0.05) is 12.7 Å². The van der Waals surface area contributed by atoms with Gasteiger partial charge < -0.3 is 10.6 Å². The van der Waals surface area contributed by atoms with Gasteiger partial charge in [-0.05, 0) is 65.1 Å². The molecule has 1 aliphatic rings. The number of hydrogen-bond donors (Lipinski definition) is 1. The fourth-order valence-corrected chi connectivity index (χ4v) is 5.12. The highest BCUT2D eigenvalue weighted by atomic mass is 127. The van der Waals surface area contributed by atoms with E-state index < -0.39 is 0 Å². The topological polar surface area (TPSA) is 81.4 Å². The Balaban J connectivity index is 1.76. The van der Waals surface area contributed by atoms with E-state index in [1.165, 1.54) is 0 Å². The number of aromatic nitrogens is 3. The summed E-state index contributed by atoms with van der Waals surface area (Å²) in [4.78, 5) is 20.2. The first-order valence-electron chi connectivity index (χ1n) is 10.3. The molecule has 2 aromatic heterocycles. The smallest absolute Gasteiger partial charge is 0.263 e. The minimum Gasteiger partial charge on any atom is -0.346 e. The lowest BCUT2D eigenvalue weighted by Crippen LogP contribution is -2.32. The Morgan fingerprint density at radius 3 is 2.62 bits per heavy atom. The molecule has 0 amide bonds. The van der Waals surface area contributed by atoms with Crippen molar-refractivity contribution in [3.8, 4) is 5.69 Å². The molecule has 2 N–H and O–H groups in total. The van der Waals surface area contributed by atoms with Gasteiger partial charge in [-0.1, -0.05) is 36.4 Å². The van der Waals surface area contributed by atoms with Crippen molar-refractivity contribution in [1.82, 2.24) is 19.2 Å². The molecule has 0 saturated carbocycles. The SMILES string of the molecule is Cc1ccccc1-n1c(Cn2nc(I)c3c2N=CN(C)C3N)cc2cccc(C)c2c1=O. The highest BCUT2D eigenvalue weighted by Gasteiger charge is 2.27. The van der Waals surface area contributed by atoms with Crippen LogP contribution in [0.4, 0.5) is 5.82 Å². The predicted molar refractivity (Wildman–Crippen MR) is 136 cm³/mol. The van der Waals surface area contributed by atoms with Crippen LogP contribution in [0, 0.1) is 17.5 Å². The van der Waals surface area contributed by atoms with E-state index in [-0.39, 0.29) is 11.7 Å². The van der Waals surface area contributed by atoms with Gasteiger partial charge in [0.2, 0.25) is 0 Å². The second-order valence-corrected chi connectivity index (χ2v) is 9.16. The van der Waals surface area contributed by atoms with Gasteiger partial charge in [-0.2, -0.15) is 5.10 Å². The van der Waals surface area contributed by atoms with Gasteiger partial charge in [0.15, 0.2) is 5.82 Å². The maximum atomic E-state index is 13.8. The summed E-state index contributed by atoms with van der Waals surface area (Å²) in [5, 5.41) is 6.38. The van der Waals surface area contributed by atoms with Gasteiger partial charge in [-0.15, -0.1) is 0 Å². The summed E-state index contributed by atoms with van der Waals surface area (Å²) in [6.07, 6.45) is 1.42. The Kier molecular flexibility index (Phi) is 5.13. The molecule has 0 spiro atoms. The minimum absolute atomic E-state index is 0.0273. The molecule has 0 saturated heterocycles. The van der Waals surface area contributed by atoms with E-state index in [0.29, 0.717) is 6.54 Å². The van der Waals surface area contributed by atoms with E-state index in [4.69, 9.17) is 10.8 Å². The largest absolute Gasteiger partial charge is 0.346 e. The molecule has 0 aliphatic carbocycles.